The van der Waals surface area contributed by atoms with Crippen molar-refractivity contribution in [2.45, 2.75) is 77.2 Å². The number of fused-ring (bicyclic) bond motifs is 5. The summed E-state index contributed by atoms with van der Waals surface area (Å²) in [6, 6.07) is 35.9. The van der Waals surface area contributed by atoms with Crippen LogP contribution in [0, 0.1) is 23.2 Å². The Morgan fingerprint density at radius 2 is 1.57 bits per heavy atom. The maximum atomic E-state index is 13.5. The highest BCUT2D eigenvalue weighted by Gasteiger charge is 2.58. The fourth-order valence-corrected chi connectivity index (χ4v) is 14.7. The Labute approximate surface area is 312 Å². The van der Waals surface area contributed by atoms with Crippen molar-refractivity contribution >= 4 is 58.7 Å². The summed E-state index contributed by atoms with van der Waals surface area (Å²) in [7, 11) is -2.72. The summed E-state index contributed by atoms with van der Waals surface area (Å²) in [6.07, 6.45) is 5.61. The van der Waals surface area contributed by atoms with Gasteiger partial charge in [-0.3, -0.25) is 4.79 Å². The summed E-state index contributed by atoms with van der Waals surface area (Å²) in [5.74, 6) is 4.05. The van der Waals surface area contributed by atoms with Gasteiger partial charge in [-0.05, 0) is 113 Å². The molecule has 3 nitrogen and oxygen atoms in total. The van der Waals surface area contributed by atoms with Crippen LogP contribution in [0.2, 0.25) is 11.1 Å². The van der Waals surface area contributed by atoms with Gasteiger partial charge in [-0.2, -0.15) is 0 Å². The first-order chi connectivity index (χ1) is 23.7. The summed E-state index contributed by atoms with van der Waals surface area (Å²) in [5.41, 5.74) is 3.64. The van der Waals surface area contributed by atoms with Crippen molar-refractivity contribution in [2.75, 3.05) is 11.0 Å². The van der Waals surface area contributed by atoms with Gasteiger partial charge in [-0.15, -0.1) is 0 Å². The van der Waals surface area contributed by atoms with E-state index in [2.05, 4.69) is 140 Å². The summed E-state index contributed by atoms with van der Waals surface area (Å²) >= 11 is 9.93. The van der Waals surface area contributed by atoms with E-state index >= 15 is 0 Å². The summed E-state index contributed by atoms with van der Waals surface area (Å²) < 4.78 is 14.5. The molecule has 4 aromatic rings. The van der Waals surface area contributed by atoms with Crippen LogP contribution < -0.4 is 19.5 Å². The zero-order valence-electron chi connectivity index (χ0n) is 29.0. The first-order valence-corrected chi connectivity index (χ1v) is 22.2. The second-order valence-electron chi connectivity index (χ2n) is 15.2. The van der Waals surface area contributed by atoms with Crippen LogP contribution in [0.15, 0.2) is 97.1 Å². The van der Waals surface area contributed by atoms with Crippen LogP contribution in [-0.2, 0) is 11.2 Å². The number of ether oxygens (including phenoxy) is 1. The summed E-state index contributed by atoms with van der Waals surface area (Å²) in [5, 5.41) is 3.31. The normalized spacial score (nSPS) is 24.7. The van der Waals surface area contributed by atoms with E-state index in [4.69, 9.17) is 20.8 Å². The number of carbonyl (C=O) groups excluding carboxylic acids is 1. The van der Waals surface area contributed by atoms with E-state index in [9.17, 15) is 4.79 Å². The van der Waals surface area contributed by atoms with Gasteiger partial charge in [0.1, 0.15) is 17.3 Å². The molecule has 2 fully saturated rings. The van der Waals surface area contributed by atoms with Crippen LogP contribution >= 0.6 is 34.2 Å². The van der Waals surface area contributed by atoms with E-state index < -0.39 is 8.32 Å². The van der Waals surface area contributed by atoms with Crippen molar-refractivity contribution in [1.29, 1.82) is 0 Å². The first kappa shape index (κ1) is 34.8. The molecule has 0 unspecified atom stereocenters. The van der Waals surface area contributed by atoms with Crippen molar-refractivity contribution in [1.82, 2.24) is 0 Å². The van der Waals surface area contributed by atoms with Gasteiger partial charge in [0.25, 0.3) is 0 Å². The largest absolute Gasteiger partial charge is 0.533 e. The maximum absolute atomic E-state index is 13.5. The highest BCUT2D eigenvalue weighted by atomic mass is 127. The highest BCUT2D eigenvalue weighted by molar-refractivity contribution is 14.1. The molecule has 0 saturated heterocycles. The van der Waals surface area contributed by atoms with Crippen LogP contribution in [0.25, 0.3) is 0 Å². The van der Waals surface area contributed by atoms with Gasteiger partial charge in [0.2, 0.25) is 0 Å². The van der Waals surface area contributed by atoms with Crippen molar-refractivity contribution in [3.8, 4) is 11.5 Å². The number of Topliss-reactive ketones (excluding diaryl/α,β-unsaturated/α-hetero) is 1. The van der Waals surface area contributed by atoms with E-state index in [1.54, 1.807) is 0 Å². The molecule has 4 aromatic carbocycles. The van der Waals surface area contributed by atoms with E-state index in [-0.39, 0.29) is 11.3 Å². The molecule has 0 amide bonds. The van der Waals surface area contributed by atoms with Crippen molar-refractivity contribution < 1.29 is 14.0 Å². The van der Waals surface area contributed by atoms with Crippen molar-refractivity contribution in [2.24, 2.45) is 23.2 Å². The Balaban J connectivity index is 1.29. The third-order valence-corrected chi connectivity index (χ3v) is 17.5. The van der Waals surface area contributed by atoms with Crippen LogP contribution in [0.4, 0.5) is 0 Å². The van der Waals surface area contributed by atoms with Crippen LogP contribution in [-0.4, -0.2) is 25.1 Å². The maximum Gasteiger partial charge on any atom is 0.315 e. The number of alkyl halides is 1. The minimum absolute atomic E-state index is 0.238. The fourth-order valence-electron chi connectivity index (χ4n) is 9.70. The predicted octanol–water partition coefficient (Wildman–Crippen LogP) is 10.2. The van der Waals surface area contributed by atoms with Crippen LogP contribution in [0.1, 0.15) is 81.4 Å². The molecule has 0 N–H and O–H groups in total. The van der Waals surface area contributed by atoms with Gasteiger partial charge in [-0.1, -0.05) is 134 Å². The lowest BCUT2D eigenvalue weighted by Crippen LogP contribution is -2.64. The molecule has 0 heterocycles. The zero-order chi connectivity index (χ0) is 34.2. The van der Waals surface area contributed by atoms with Gasteiger partial charge in [-0.25, -0.2) is 0 Å². The molecule has 3 aliphatic rings. The number of carbonyl (C=O) groups is 1. The SMILES string of the molecule is CC(C)C[Si](Oc1ccc2c(c1Cl)CC[C@@H]1[C@@H]2[C@@H](c2ccc(OCCCI)cc2)C[C@]2(C)C(=O)CC[C@@H]12)(c1ccccc1)c1ccccc1. The lowest BCUT2D eigenvalue weighted by Gasteiger charge is -2.52. The van der Waals surface area contributed by atoms with Crippen LogP contribution in [0.3, 0.4) is 0 Å². The third kappa shape index (κ3) is 6.53. The Morgan fingerprint density at radius 3 is 2.20 bits per heavy atom. The zero-order valence-corrected chi connectivity index (χ0v) is 32.9. The van der Waals surface area contributed by atoms with Gasteiger partial charge in [0, 0.05) is 16.3 Å². The molecule has 49 heavy (non-hydrogen) atoms. The minimum Gasteiger partial charge on any atom is -0.533 e. The topological polar surface area (TPSA) is 35.5 Å². The molecule has 0 aliphatic heterocycles. The smallest absolute Gasteiger partial charge is 0.315 e. The van der Waals surface area contributed by atoms with E-state index in [0.29, 0.717) is 35.9 Å². The predicted molar refractivity (Wildman–Crippen MR) is 213 cm³/mol. The minimum atomic E-state index is -2.72. The molecule has 6 heteroatoms. The molecule has 0 radical (unpaired) electrons. The highest BCUT2D eigenvalue weighted by Crippen LogP contribution is 2.64. The summed E-state index contributed by atoms with van der Waals surface area (Å²) in [4.78, 5) is 13.5. The lowest BCUT2D eigenvalue weighted by molar-refractivity contribution is -0.130. The quantitative estimate of drug-likeness (QED) is 0.0656. The van der Waals surface area contributed by atoms with Crippen LogP contribution in [0.5, 0.6) is 11.5 Å². The standard InChI is InChI=1S/C43H48ClIO3Si/c1-29(2)28-49(32-11-6-4-7-12-32,33-13-8-5-9-14-33)48-39-23-21-34-35(42(39)44)19-20-36-38-22-24-40(46)43(38,3)27-37(41(34)36)30-15-17-31(18-16-30)47-26-10-25-45/h4-9,11-18,21,23,29,36-38,41H,10,19-20,22,24-28H2,1-3H3/t36-,37+,38-,41+,43-/m0/s1. The van der Waals surface area contributed by atoms with Gasteiger partial charge in [0.15, 0.2) is 0 Å². The fraction of sp³-hybridized carbons (Fsp3) is 0.419. The van der Waals surface area contributed by atoms with E-state index in [0.717, 1.165) is 65.7 Å². The molecule has 0 bridgehead atoms. The number of rotatable bonds is 11. The number of hydrogen-bond acceptors (Lipinski definition) is 3. The molecule has 2 saturated carbocycles. The molecule has 7 rings (SSSR count). The third-order valence-electron chi connectivity index (χ3n) is 11.8. The second kappa shape index (κ2) is 14.6. The molecule has 0 aromatic heterocycles. The molecule has 0 spiro atoms. The molecular formula is C43H48ClIO3Si. The number of benzene rings is 4. The number of hydrogen-bond donors (Lipinski definition) is 0. The van der Waals surface area contributed by atoms with E-state index in [1.165, 1.54) is 27.1 Å². The summed E-state index contributed by atoms with van der Waals surface area (Å²) in [6.45, 7) is 7.58. The van der Waals surface area contributed by atoms with Crippen molar-refractivity contribution in [3.63, 3.8) is 0 Å². The first-order valence-electron chi connectivity index (χ1n) is 18.2. The van der Waals surface area contributed by atoms with Gasteiger partial charge < -0.3 is 9.16 Å². The second-order valence-corrected chi connectivity index (χ2v) is 20.1. The average Bonchev–Trinajstić information content (AvgIpc) is 3.43. The Hall–Kier alpha value is -2.61. The number of halogens is 2. The van der Waals surface area contributed by atoms with E-state index in [1.807, 2.05) is 0 Å². The Morgan fingerprint density at radius 1 is 0.898 bits per heavy atom. The lowest BCUT2D eigenvalue weighted by atomic mass is 9.51. The van der Waals surface area contributed by atoms with Crippen molar-refractivity contribution in [3.05, 3.63) is 119 Å². The van der Waals surface area contributed by atoms with Gasteiger partial charge >= 0.3 is 8.32 Å². The molecule has 256 valence electrons. The average molecular weight is 803 g/mol. The number of ketones is 1. The Kier molecular flexibility index (Phi) is 10.3. The molecule has 5 atom stereocenters. The monoisotopic (exact) mass is 802 g/mol. The molecular weight excluding hydrogens is 755 g/mol. The molecule has 3 aliphatic carbocycles. The van der Waals surface area contributed by atoms with Gasteiger partial charge in [0.05, 0.1) is 11.6 Å². The Bertz CT molecular complexity index is 1720.